The van der Waals surface area contributed by atoms with Gasteiger partial charge in [0.15, 0.2) is 0 Å². The van der Waals surface area contributed by atoms with Crippen LogP contribution in [0.4, 0.5) is 9.80 Å². The van der Waals surface area contributed by atoms with Crippen molar-refractivity contribution in [3.8, 4) is 11.1 Å². The minimum atomic E-state index is -0.390. The predicted octanol–water partition coefficient (Wildman–Crippen LogP) is 5.08. The largest absolute Gasteiger partial charge is 0.446 e. The second-order valence-corrected chi connectivity index (χ2v) is 9.55. The lowest BCUT2D eigenvalue weighted by Gasteiger charge is -2.31. The molecule has 1 fully saturated rings. The number of anilines is 1. The summed E-state index contributed by atoms with van der Waals surface area (Å²) >= 11 is 1.50. The first-order valence-corrected chi connectivity index (χ1v) is 12.7. The van der Waals surface area contributed by atoms with Gasteiger partial charge in [-0.2, -0.15) is 0 Å². The number of fused-ring (bicyclic) bond motifs is 1. The molecule has 1 aliphatic rings. The van der Waals surface area contributed by atoms with E-state index in [1.807, 2.05) is 52.5 Å². The second-order valence-electron chi connectivity index (χ2n) is 8.63. The van der Waals surface area contributed by atoms with Crippen molar-refractivity contribution in [2.75, 3.05) is 25.0 Å². The third kappa shape index (κ3) is 5.58. The fourth-order valence-electron chi connectivity index (χ4n) is 4.45. The Balaban J connectivity index is 1.05. The number of rotatable bonds is 8. The van der Waals surface area contributed by atoms with Gasteiger partial charge in [0.05, 0.1) is 5.52 Å². The first-order chi connectivity index (χ1) is 17.2. The summed E-state index contributed by atoms with van der Waals surface area (Å²) < 4.78 is 7.60. The van der Waals surface area contributed by atoms with E-state index in [0.29, 0.717) is 5.56 Å². The third-order valence-electron chi connectivity index (χ3n) is 6.29. The highest BCUT2D eigenvalue weighted by atomic mass is 32.1. The molecule has 0 saturated carbocycles. The van der Waals surface area contributed by atoms with Crippen molar-refractivity contribution in [1.82, 2.24) is 19.9 Å². The number of thiophene rings is 1. The summed E-state index contributed by atoms with van der Waals surface area (Å²) in [6, 6.07) is 17.5. The van der Waals surface area contributed by atoms with E-state index >= 15 is 0 Å². The molecular weight excluding hydrogens is 462 g/mol. The van der Waals surface area contributed by atoms with Crippen LogP contribution in [0.3, 0.4) is 0 Å². The van der Waals surface area contributed by atoms with Crippen LogP contribution in [0.5, 0.6) is 0 Å². The predicted molar refractivity (Wildman–Crippen MR) is 137 cm³/mol. The van der Waals surface area contributed by atoms with Crippen LogP contribution in [-0.2, 0) is 11.3 Å². The average Bonchev–Trinajstić information content (AvgIpc) is 3.52. The molecule has 1 aliphatic heterocycles. The molecule has 8 nitrogen and oxygen atoms in total. The fourth-order valence-corrected chi connectivity index (χ4v) is 5.24. The molecule has 0 aliphatic carbocycles. The number of aldehydes is 1. The van der Waals surface area contributed by atoms with Crippen LogP contribution in [0, 0.1) is 0 Å². The van der Waals surface area contributed by atoms with E-state index in [4.69, 9.17) is 4.74 Å². The van der Waals surface area contributed by atoms with Crippen LogP contribution in [0.1, 0.15) is 29.6 Å². The molecule has 3 heterocycles. The van der Waals surface area contributed by atoms with Gasteiger partial charge in [0.25, 0.3) is 0 Å². The lowest BCUT2D eigenvalue weighted by Crippen LogP contribution is -2.39. The molecule has 1 saturated heterocycles. The molecule has 5 rings (SSSR count). The van der Waals surface area contributed by atoms with Crippen molar-refractivity contribution in [1.29, 1.82) is 0 Å². The molecule has 2 aromatic heterocycles. The lowest BCUT2D eigenvalue weighted by molar-refractivity contribution is 0.0583. The van der Waals surface area contributed by atoms with Gasteiger partial charge < -0.3 is 9.64 Å². The first kappa shape index (κ1) is 23.2. The smallest absolute Gasteiger partial charge is 0.412 e. The Bertz CT molecular complexity index is 1290. The number of benzene rings is 2. The Morgan fingerprint density at radius 1 is 1.11 bits per heavy atom. The molecule has 0 radical (unpaired) electrons. The highest BCUT2D eigenvalue weighted by Crippen LogP contribution is 2.33. The Morgan fingerprint density at radius 3 is 2.74 bits per heavy atom. The van der Waals surface area contributed by atoms with Crippen LogP contribution in [0.25, 0.3) is 22.2 Å². The van der Waals surface area contributed by atoms with Crippen LogP contribution >= 0.6 is 11.3 Å². The number of carbonyl (C=O) groups excluding carboxylic acids is 2. The van der Waals surface area contributed by atoms with E-state index in [0.717, 1.165) is 78.9 Å². The zero-order valence-corrected chi connectivity index (χ0v) is 20.1. The van der Waals surface area contributed by atoms with Gasteiger partial charge in [-0.1, -0.05) is 35.5 Å². The Labute approximate surface area is 207 Å². The van der Waals surface area contributed by atoms with Crippen LogP contribution in [0.2, 0.25) is 0 Å². The van der Waals surface area contributed by atoms with Gasteiger partial charge in [-0.3, -0.25) is 10.1 Å². The molecular formula is C26H27N5O3S. The minimum Gasteiger partial charge on any atom is -0.446 e. The van der Waals surface area contributed by atoms with Gasteiger partial charge in [0.1, 0.15) is 22.9 Å². The molecule has 1 N–H and O–H groups in total. The number of likely N-dealkylation sites (tertiary alicyclic amines) is 1. The number of nitrogens with one attached hydrogen (secondary N) is 1. The Kier molecular flexibility index (Phi) is 7.15. The maximum absolute atomic E-state index is 12.5. The molecule has 35 heavy (non-hydrogen) atoms. The van der Waals surface area contributed by atoms with Crippen LogP contribution < -0.4 is 5.32 Å². The standard InChI is InChI=1S/C26H27N5O3S/c32-18-19-7-8-24-23(17-19)28-29-31(24)13-4-12-30-14-9-21(10-15-30)34-26(33)27-25-22(11-16-35-25)20-5-2-1-3-6-20/h1-3,5-8,11,16-18,21H,4,9-10,12-15H2,(H,27,33). The number of piperidine rings is 1. The summed E-state index contributed by atoms with van der Waals surface area (Å²) in [6.45, 7) is 3.50. The number of carbonyl (C=O) groups is 2. The SMILES string of the molecule is O=Cc1ccc2c(c1)nnn2CCCN1CCC(OC(=O)Nc2sccc2-c2ccccc2)CC1. The van der Waals surface area contributed by atoms with Crippen molar-refractivity contribution >= 4 is 39.8 Å². The van der Waals surface area contributed by atoms with E-state index in [1.54, 1.807) is 12.1 Å². The molecule has 180 valence electrons. The highest BCUT2D eigenvalue weighted by Gasteiger charge is 2.23. The van der Waals surface area contributed by atoms with Gasteiger partial charge in [-0.25, -0.2) is 9.48 Å². The van der Waals surface area contributed by atoms with Crippen molar-refractivity contribution in [3.05, 3.63) is 65.5 Å². The topological polar surface area (TPSA) is 89.3 Å². The summed E-state index contributed by atoms with van der Waals surface area (Å²) in [5.74, 6) is 0. The van der Waals surface area contributed by atoms with Gasteiger partial charge in [0.2, 0.25) is 0 Å². The maximum atomic E-state index is 12.5. The Hall–Kier alpha value is -3.56. The van der Waals surface area contributed by atoms with Crippen molar-refractivity contribution in [2.24, 2.45) is 0 Å². The van der Waals surface area contributed by atoms with Crippen molar-refractivity contribution < 1.29 is 14.3 Å². The van der Waals surface area contributed by atoms with Gasteiger partial charge >= 0.3 is 6.09 Å². The van der Waals surface area contributed by atoms with Gasteiger partial charge in [-0.15, -0.1) is 16.4 Å². The molecule has 9 heteroatoms. The van der Waals surface area contributed by atoms with Gasteiger partial charge in [0, 0.05) is 30.8 Å². The number of amides is 1. The summed E-state index contributed by atoms with van der Waals surface area (Å²) in [5, 5.41) is 14.1. The maximum Gasteiger partial charge on any atom is 0.412 e. The van der Waals surface area contributed by atoms with E-state index in [-0.39, 0.29) is 12.2 Å². The zero-order chi connectivity index (χ0) is 24.0. The van der Waals surface area contributed by atoms with Crippen molar-refractivity contribution in [3.63, 3.8) is 0 Å². The quantitative estimate of drug-likeness (QED) is 0.348. The summed E-state index contributed by atoms with van der Waals surface area (Å²) in [6.07, 6.45) is 2.95. The van der Waals surface area contributed by atoms with Crippen molar-refractivity contribution in [2.45, 2.75) is 31.9 Å². The van der Waals surface area contributed by atoms with Gasteiger partial charge in [-0.05, 0) is 61.0 Å². The summed E-state index contributed by atoms with van der Waals surface area (Å²) in [7, 11) is 0. The highest BCUT2D eigenvalue weighted by molar-refractivity contribution is 7.15. The number of aromatic nitrogens is 3. The normalized spacial score (nSPS) is 14.7. The molecule has 2 aromatic carbocycles. The lowest BCUT2D eigenvalue weighted by atomic mass is 10.1. The average molecular weight is 490 g/mol. The van der Waals surface area contributed by atoms with E-state index in [2.05, 4.69) is 20.5 Å². The molecule has 0 bridgehead atoms. The Morgan fingerprint density at radius 2 is 1.94 bits per heavy atom. The third-order valence-corrected chi connectivity index (χ3v) is 7.12. The molecule has 4 aromatic rings. The first-order valence-electron chi connectivity index (χ1n) is 11.8. The minimum absolute atomic E-state index is 0.0716. The molecule has 0 unspecified atom stereocenters. The number of ether oxygens (including phenoxy) is 1. The number of nitrogens with zero attached hydrogens (tertiary/aromatic N) is 4. The van der Waals surface area contributed by atoms with Crippen LogP contribution in [-0.4, -0.2) is 58.0 Å². The zero-order valence-electron chi connectivity index (χ0n) is 19.3. The van der Waals surface area contributed by atoms with E-state index in [9.17, 15) is 9.59 Å². The fraction of sp³-hybridized carbons (Fsp3) is 0.308. The van der Waals surface area contributed by atoms with E-state index in [1.165, 1.54) is 11.3 Å². The molecule has 1 amide bonds. The van der Waals surface area contributed by atoms with E-state index < -0.39 is 0 Å². The number of hydrogen-bond donors (Lipinski definition) is 1. The monoisotopic (exact) mass is 489 g/mol. The summed E-state index contributed by atoms with van der Waals surface area (Å²) in [5.41, 5.74) is 4.36. The summed E-state index contributed by atoms with van der Waals surface area (Å²) in [4.78, 5) is 25.8. The number of hydrogen-bond acceptors (Lipinski definition) is 7. The molecule has 0 spiro atoms. The second kappa shape index (κ2) is 10.8. The molecule has 0 atom stereocenters. The number of aryl methyl sites for hydroxylation is 1. The van der Waals surface area contributed by atoms with Crippen LogP contribution in [0.15, 0.2) is 60.0 Å².